The largest absolute Gasteiger partial charge is 0.449 e. The monoisotopic (exact) mass is 438 g/mol. The minimum absolute atomic E-state index is 0.284. The lowest BCUT2D eigenvalue weighted by Gasteiger charge is -2.35. The molecule has 0 radical (unpaired) electrons. The molecule has 1 saturated heterocycles. The van der Waals surface area contributed by atoms with Crippen LogP contribution in [-0.2, 0) is 15.9 Å². The molecule has 0 N–H and O–H groups in total. The van der Waals surface area contributed by atoms with Crippen LogP contribution in [0.5, 0.6) is 0 Å². The molecule has 9 nitrogen and oxygen atoms in total. The van der Waals surface area contributed by atoms with Gasteiger partial charge in [-0.3, -0.25) is 4.79 Å². The Morgan fingerprint density at radius 2 is 1.80 bits per heavy atom. The van der Waals surface area contributed by atoms with E-state index in [1.165, 1.54) is 16.2 Å². The fraction of sp³-hybridized carbons (Fsp3) is 0.700. The number of thiazole rings is 1. The molecular formula is C20H30N4O5S. The van der Waals surface area contributed by atoms with Gasteiger partial charge in [-0.25, -0.2) is 19.5 Å². The van der Waals surface area contributed by atoms with E-state index in [-0.39, 0.29) is 18.5 Å². The average Bonchev–Trinajstić information content (AvgIpc) is 3.12. The van der Waals surface area contributed by atoms with Crippen LogP contribution in [-0.4, -0.2) is 77.8 Å². The SMILES string of the molecule is CCCCOC(=O)N1CCc2nc(N3CCN(C(=O)OC(C)(C)C)CC3)sc2C1=O. The van der Waals surface area contributed by atoms with Crippen LogP contribution in [0.15, 0.2) is 0 Å². The Morgan fingerprint density at radius 3 is 2.43 bits per heavy atom. The summed E-state index contributed by atoms with van der Waals surface area (Å²) < 4.78 is 10.6. The number of ether oxygens (including phenoxy) is 2. The van der Waals surface area contributed by atoms with E-state index in [9.17, 15) is 14.4 Å². The van der Waals surface area contributed by atoms with Gasteiger partial charge in [0.2, 0.25) is 0 Å². The fourth-order valence-corrected chi connectivity index (χ4v) is 4.33. The maximum absolute atomic E-state index is 12.8. The van der Waals surface area contributed by atoms with Gasteiger partial charge in [0.05, 0.1) is 12.3 Å². The number of imide groups is 1. The van der Waals surface area contributed by atoms with Crippen molar-refractivity contribution in [2.24, 2.45) is 0 Å². The number of carbonyl (C=O) groups is 3. The molecule has 30 heavy (non-hydrogen) atoms. The van der Waals surface area contributed by atoms with E-state index in [1.807, 2.05) is 27.7 Å². The van der Waals surface area contributed by atoms with Gasteiger partial charge in [0, 0.05) is 39.1 Å². The van der Waals surface area contributed by atoms with Crippen LogP contribution in [0.3, 0.4) is 0 Å². The lowest BCUT2D eigenvalue weighted by molar-refractivity contribution is 0.0240. The third-order valence-corrected chi connectivity index (χ3v) is 5.99. The smallest absolute Gasteiger partial charge is 0.416 e. The highest BCUT2D eigenvalue weighted by Gasteiger charge is 2.35. The highest BCUT2D eigenvalue weighted by molar-refractivity contribution is 7.17. The van der Waals surface area contributed by atoms with Crippen LogP contribution in [0.1, 0.15) is 55.9 Å². The second kappa shape index (κ2) is 9.20. The second-order valence-electron chi connectivity index (χ2n) is 8.40. The number of piperazine rings is 1. The van der Waals surface area contributed by atoms with Gasteiger partial charge < -0.3 is 19.3 Å². The quantitative estimate of drug-likeness (QED) is 0.667. The van der Waals surface area contributed by atoms with E-state index in [2.05, 4.69) is 9.88 Å². The molecule has 2 aliphatic rings. The molecule has 1 aromatic rings. The Hall–Kier alpha value is -2.36. The van der Waals surface area contributed by atoms with Crippen molar-refractivity contribution in [1.82, 2.24) is 14.8 Å². The van der Waals surface area contributed by atoms with Gasteiger partial charge in [0.1, 0.15) is 10.5 Å². The Morgan fingerprint density at radius 1 is 1.10 bits per heavy atom. The van der Waals surface area contributed by atoms with Crippen LogP contribution < -0.4 is 4.90 Å². The van der Waals surface area contributed by atoms with Gasteiger partial charge in [0.15, 0.2) is 5.13 Å². The summed E-state index contributed by atoms with van der Waals surface area (Å²) in [7, 11) is 0. The number of rotatable bonds is 4. The highest BCUT2D eigenvalue weighted by atomic mass is 32.1. The van der Waals surface area contributed by atoms with E-state index in [4.69, 9.17) is 9.47 Å². The molecule has 0 unspecified atom stereocenters. The molecule has 1 fully saturated rings. The number of hydrogen-bond donors (Lipinski definition) is 0. The van der Waals surface area contributed by atoms with Crippen molar-refractivity contribution in [1.29, 1.82) is 0 Å². The number of fused-ring (bicyclic) bond motifs is 1. The minimum atomic E-state index is -0.583. The Balaban J connectivity index is 1.60. The van der Waals surface area contributed by atoms with Crippen LogP contribution >= 0.6 is 11.3 Å². The first kappa shape index (κ1) is 22.3. The molecule has 3 amide bonds. The third kappa shape index (κ3) is 5.21. The van der Waals surface area contributed by atoms with E-state index >= 15 is 0 Å². The van der Waals surface area contributed by atoms with Gasteiger partial charge in [-0.2, -0.15) is 0 Å². The maximum Gasteiger partial charge on any atom is 0.416 e. The van der Waals surface area contributed by atoms with Gasteiger partial charge in [-0.05, 0) is 27.2 Å². The van der Waals surface area contributed by atoms with Crippen molar-refractivity contribution >= 4 is 34.6 Å². The summed E-state index contributed by atoms with van der Waals surface area (Å²) in [5, 5.41) is 0.749. The zero-order valence-electron chi connectivity index (χ0n) is 18.1. The zero-order valence-corrected chi connectivity index (χ0v) is 18.9. The van der Waals surface area contributed by atoms with Crippen LogP contribution in [0.2, 0.25) is 0 Å². The first-order valence-corrected chi connectivity index (χ1v) is 11.2. The Labute approximate surface area is 180 Å². The second-order valence-corrected chi connectivity index (χ2v) is 9.38. The van der Waals surface area contributed by atoms with Crippen LogP contribution in [0, 0.1) is 0 Å². The number of anilines is 1. The Kier molecular flexibility index (Phi) is 6.84. The lowest BCUT2D eigenvalue weighted by atomic mass is 10.2. The molecule has 0 spiro atoms. The van der Waals surface area contributed by atoms with E-state index < -0.39 is 11.7 Å². The maximum atomic E-state index is 12.8. The minimum Gasteiger partial charge on any atom is -0.449 e. The summed E-state index contributed by atoms with van der Waals surface area (Å²) in [4.78, 5) is 47.3. The average molecular weight is 439 g/mol. The molecule has 10 heteroatoms. The summed E-state index contributed by atoms with van der Waals surface area (Å²) in [6.07, 6.45) is 1.33. The summed E-state index contributed by atoms with van der Waals surface area (Å²) in [6, 6.07) is 0. The number of carbonyl (C=O) groups excluding carboxylic acids is 3. The van der Waals surface area contributed by atoms with Crippen LogP contribution in [0.4, 0.5) is 14.7 Å². The standard InChI is InChI=1S/C20H30N4O5S/c1-5-6-13-28-19(27)24-8-7-14-15(16(24)25)30-17(21-14)22-9-11-23(12-10-22)18(26)29-20(2,3)4/h5-13H2,1-4H3. The summed E-state index contributed by atoms with van der Waals surface area (Å²) >= 11 is 1.30. The number of unbranched alkanes of at least 4 members (excludes halogenated alkanes) is 1. The van der Waals surface area contributed by atoms with Crippen molar-refractivity contribution in [3.05, 3.63) is 10.6 Å². The van der Waals surface area contributed by atoms with Crippen molar-refractivity contribution in [3.8, 4) is 0 Å². The highest BCUT2D eigenvalue weighted by Crippen LogP contribution is 2.31. The Bertz CT molecular complexity index is 796. The molecule has 166 valence electrons. The topological polar surface area (TPSA) is 92.3 Å². The number of amides is 3. The van der Waals surface area contributed by atoms with Crippen molar-refractivity contribution in [3.63, 3.8) is 0 Å². The first-order valence-electron chi connectivity index (χ1n) is 10.4. The molecule has 1 aromatic heterocycles. The van der Waals surface area contributed by atoms with Gasteiger partial charge >= 0.3 is 12.2 Å². The fourth-order valence-electron chi connectivity index (χ4n) is 3.22. The number of hydrogen-bond acceptors (Lipinski definition) is 8. The van der Waals surface area contributed by atoms with Gasteiger partial charge in [-0.1, -0.05) is 24.7 Å². The van der Waals surface area contributed by atoms with E-state index in [0.29, 0.717) is 44.1 Å². The lowest BCUT2D eigenvalue weighted by Crippen LogP contribution is -2.50. The molecular weight excluding hydrogens is 408 g/mol. The summed E-state index contributed by atoms with van der Waals surface area (Å²) in [5.74, 6) is -0.339. The van der Waals surface area contributed by atoms with Crippen LogP contribution in [0.25, 0.3) is 0 Å². The van der Waals surface area contributed by atoms with Crippen molar-refractivity contribution in [2.75, 3.05) is 44.2 Å². The van der Waals surface area contributed by atoms with E-state index in [1.54, 1.807) is 4.90 Å². The molecule has 0 aliphatic carbocycles. The predicted molar refractivity (Wildman–Crippen MR) is 113 cm³/mol. The van der Waals surface area contributed by atoms with Crippen molar-refractivity contribution in [2.45, 2.75) is 52.6 Å². The molecule has 0 aromatic carbocycles. The summed E-state index contributed by atoms with van der Waals surface area (Å²) in [6.45, 7) is 10.5. The van der Waals surface area contributed by atoms with Gasteiger partial charge in [-0.15, -0.1) is 0 Å². The molecule has 3 rings (SSSR count). The first-order chi connectivity index (χ1) is 14.2. The molecule has 3 heterocycles. The zero-order chi connectivity index (χ0) is 21.9. The summed E-state index contributed by atoms with van der Waals surface area (Å²) in [5.41, 5.74) is 0.208. The molecule has 2 aliphatic heterocycles. The van der Waals surface area contributed by atoms with E-state index in [0.717, 1.165) is 23.7 Å². The molecule has 0 saturated carbocycles. The molecule has 0 bridgehead atoms. The van der Waals surface area contributed by atoms with Gasteiger partial charge in [0.25, 0.3) is 5.91 Å². The normalized spacial score (nSPS) is 17.1. The third-order valence-electron chi connectivity index (χ3n) is 4.84. The number of aromatic nitrogens is 1. The molecule has 0 atom stereocenters. The predicted octanol–water partition coefficient (Wildman–Crippen LogP) is 3.14. The number of nitrogens with zero attached hydrogens (tertiary/aromatic N) is 4. The van der Waals surface area contributed by atoms with Crippen molar-refractivity contribution < 1.29 is 23.9 Å².